The summed E-state index contributed by atoms with van der Waals surface area (Å²) < 4.78 is 16.7. The summed E-state index contributed by atoms with van der Waals surface area (Å²) >= 11 is 0. The average molecular weight is 430 g/mol. The Kier molecular flexibility index (Phi) is 9.79. The second-order valence-corrected chi connectivity index (χ2v) is 7.65. The van der Waals surface area contributed by atoms with Gasteiger partial charge in [0.15, 0.2) is 11.8 Å². The van der Waals surface area contributed by atoms with Crippen molar-refractivity contribution < 1.29 is 14.0 Å². The third-order valence-corrected chi connectivity index (χ3v) is 4.97. The molecule has 0 saturated carbocycles. The summed E-state index contributed by atoms with van der Waals surface area (Å²) in [5, 5.41) is 10.7. The number of aromatic nitrogens is 2. The number of nitrogens with one attached hydrogen (secondary N) is 2. The summed E-state index contributed by atoms with van der Waals surface area (Å²) in [7, 11) is 0. The van der Waals surface area contributed by atoms with E-state index in [9.17, 15) is 0 Å². The van der Waals surface area contributed by atoms with Crippen LogP contribution < -0.4 is 10.6 Å². The van der Waals surface area contributed by atoms with Crippen molar-refractivity contribution in [3.8, 4) is 11.5 Å². The Morgan fingerprint density at radius 3 is 3.03 bits per heavy atom. The van der Waals surface area contributed by atoms with E-state index in [4.69, 9.17) is 19.0 Å². The first kappa shape index (κ1) is 23.2. The zero-order valence-corrected chi connectivity index (χ0v) is 18.7. The minimum absolute atomic E-state index is 0.285. The van der Waals surface area contributed by atoms with Gasteiger partial charge in [-0.3, -0.25) is 0 Å². The predicted octanol–water partition coefficient (Wildman–Crippen LogP) is 3.33. The van der Waals surface area contributed by atoms with E-state index >= 15 is 0 Å². The van der Waals surface area contributed by atoms with Crippen molar-refractivity contribution in [3.63, 3.8) is 0 Å². The fourth-order valence-corrected chi connectivity index (χ4v) is 3.38. The first-order valence-electron chi connectivity index (χ1n) is 11.4. The Morgan fingerprint density at radius 2 is 2.23 bits per heavy atom. The molecule has 1 aliphatic rings. The Labute approximate surface area is 184 Å². The van der Waals surface area contributed by atoms with Crippen LogP contribution in [-0.4, -0.2) is 55.1 Å². The monoisotopic (exact) mass is 429 g/mol. The van der Waals surface area contributed by atoms with Gasteiger partial charge < -0.3 is 24.6 Å². The first-order chi connectivity index (χ1) is 15.3. The van der Waals surface area contributed by atoms with Crippen LogP contribution in [0.1, 0.15) is 50.9 Å². The molecule has 0 radical (unpaired) electrons. The van der Waals surface area contributed by atoms with Gasteiger partial charge in [-0.05, 0) is 50.3 Å². The molecule has 2 heterocycles. The molecule has 1 saturated heterocycles. The molecule has 2 aromatic rings. The highest BCUT2D eigenvalue weighted by atomic mass is 16.5. The Bertz CT molecular complexity index is 802. The molecule has 8 heteroatoms. The highest BCUT2D eigenvalue weighted by Gasteiger charge is 2.15. The Balaban J connectivity index is 1.45. The first-order valence-corrected chi connectivity index (χ1v) is 11.4. The SMILES string of the molecule is CCCc1noc(-c2cccc(CN=C(NCC)NCCCOCC3CCCO3)c2)n1. The molecule has 1 fully saturated rings. The molecule has 1 atom stereocenters. The summed E-state index contributed by atoms with van der Waals surface area (Å²) in [5.74, 6) is 2.11. The number of aryl methyl sites for hydroxylation is 1. The lowest BCUT2D eigenvalue weighted by Gasteiger charge is -2.12. The van der Waals surface area contributed by atoms with Gasteiger partial charge in [0.1, 0.15) is 0 Å². The van der Waals surface area contributed by atoms with E-state index in [0.717, 1.165) is 81.3 Å². The standard InChI is InChI=1S/C23H35N5O3/c1-3-8-21-27-22(31-28-21)19-10-5-9-18(15-19)16-26-23(24-4-2)25-12-7-13-29-17-20-11-6-14-30-20/h5,9-10,15,20H,3-4,6-8,11-14,16-17H2,1-2H3,(H2,24,25,26). The molecule has 0 spiro atoms. The topological polar surface area (TPSA) is 93.8 Å². The normalized spacial score (nSPS) is 16.6. The minimum atomic E-state index is 0.285. The van der Waals surface area contributed by atoms with E-state index in [1.807, 2.05) is 12.1 Å². The zero-order valence-electron chi connectivity index (χ0n) is 18.7. The highest BCUT2D eigenvalue weighted by Crippen LogP contribution is 2.19. The fraction of sp³-hybridized carbons (Fsp3) is 0.609. The number of rotatable bonds is 12. The van der Waals surface area contributed by atoms with E-state index in [-0.39, 0.29) is 6.10 Å². The van der Waals surface area contributed by atoms with Gasteiger partial charge in [-0.15, -0.1) is 0 Å². The molecule has 1 unspecified atom stereocenters. The third kappa shape index (κ3) is 7.95. The number of benzene rings is 1. The number of guanidine groups is 1. The Morgan fingerprint density at radius 1 is 1.29 bits per heavy atom. The van der Waals surface area contributed by atoms with Gasteiger partial charge in [0.25, 0.3) is 5.89 Å². The lowest BCUT2D eigenvalue weighted by molar-refractivity contribution is 0.0168. The van der Waals surface area contributed by atoms with Crippen molar-refractivity contribution in [2.45, 2.75) is 58.6 Å². The number of nitrogens with zero attached hydrogens (tertiary/aromatic N) is 3. The molecule has 170 valence electrons. The van der Waals surface area contributed by atoms with Gasteiger partial charge in [0.2, 0.25) is 0 Å². The number of ether oxygens (including phenoxy) is 2. The summed E-state index contributed by atoms with van der Waals surface area (Å²) in [4.78, 5) is 9.17. The van der Waals surface area contributed by atoms with Crippen LogP contribution in [-0.2, 0) is 22.4 Å². The quantitative estimate of drug-likeness (QED) is 0.304. The van der Waals surface area contributed by atoms with Crippen LogP contribution in [0.15, 0.2) is 33.8 Å². The van der Waals surface area contributed by atoms with Crippen molar-refractivity contribution in [2.24, 2.45) is 4.99 Å². The molecule has 1 aromatic heterocycles. The van der Waals surface area contributed by atoms with Gasteiger partial charge in [-0.25, -0.2) is 4.99 Å². The highest BCUT2D eigenvalue weighted by molar-refractivity contribution is 5.79. The predicted molar refractivity (Wildman–Crippen MR) is 121 cm³/mol. The molecule has 8 nitrogen and oxygen atoms in total. The fourth-order valence-electron chi connectivity index (χ4n) is 3.38. The molecule has 0 amide bonds. The van der Waals surface area contributed by atoms with Crippen LogP contribution in [0.5, 0.6) is 0 Å². The Hall–Kier alpha value is -2.45. The molecule has 3 rings (SSSR count). The molecule has 2 N–H and O–H groups in total. The van der Waals surface area contributed by atoms with Crippen LogP contribution in [0.4, 0.5) is 0 Å². The number of hydrogen-bond donors (Lipinski definition) is 2. The lowest BCUT2D eigenvalue weighted by atomic mass is 10.1. The van der Waals surface area contributed by atoms with Crippen LogP contribution in [0.2, 0.25) is 0 Å². The van der Waals surface area contributed by atoms with Crippen molar-refractivity contribution >= 4 is 5.96 Å². The minimum Gasteiger partial charge on any atom is -0.379 e. The van der Waals surface area contributed by atoms with Gasteiger partial charge in [0, 0.05) is 38.3 Å². The van der Waals surface area contributed by atoms with Crippen molar-refractivity contribution in [2.75, 3.05) is 32.9 Å². The summed E-state index contributed by atoms with van der Waals surface area (Å²) in [5.41, 5.74) is 2.01. The molecular formula is C23H35N5O3. The number of hydrogen-bond acceptors (Lipinski definition) is 6. The van der Waals surface area contributed by atoms with Gasteiger partial charge in [-0.1, -0.05) is 24.2 Å². The molecular weight excluding hydrogens is 394 g/mol. The van der Waals surface area contributed by atoms with Crippen molar-refractivity contribution in [1.82, 2.24) is 20.8 Å². The maximum absolute atomic E-state index is 5.72. The van der Waals surface area contributed by atoms with Crippen LogP contribution in [0.3, 0.4) is 0 Å². The average Bonchev–Trinajstić information content (AvgIpc) is 3.47. The summed E-state index contributed by atoms with van der Waals surface area (Å²) in [6, 6.07) is 8.08. The smallest absolute Gasteiger partial charge is 0.257 e. The third-order valence-electron chi connectivity index (χ3n) is 4.97. The maximum Gasteiger partial charge on any atom is 0.257 e. The zero-order chi connectivity index (χ0) is 21.7. The largest absolute Gasteiger partial charge is 0.379 e. The van der Waals surface area contributed by atoms with Crippen molar-refractivity contribution in [3.05, 3.63) is 35.7 Å². The molecule has 0 bridgehead atoms. The van der Waals surface area contributed by atoms with Crippen LogP contribution >= 0.6 is 0 Å². The molecule has 1 aromatic carbocycles. The van der Waals surface area contributed by atoms with E-state index in [1.54, 1.807) is 0 Å². The molecule has 1 aliphatic heterocycles. The molecule has 0 aliphatic carbocycles. The summed E-state index contributed by atoms with van der Waals surface area (Å²) in [6.45, 7) is 8.63. The van der Waals surface area contributed by atoms with Crippen LogP contribution in [0.25, 0.3) is 11.5 Å². The van der Waals surface area contributed by atoms with E-state index in [0.29, 0.717) is 19.0 Å². The van der Waals surface area contributed by atoms with E-state index in [2.05, 4.69) is 46.8 Å². The second-order valence-electron chi connectivity index (χ2n) is 7.65. The van der Waals surface area contributed by atoms with E-state index < -0.39 is 0 Å². The maximum atomic E-state index is 5.72. The van der Waals surface area contributed by atoms with Gasteiger partial charge in [-0.2, -0.15) is 4.98 Å². The van der Waals surface area contributed by atoms with Crippen LogP contribution in [0, 0.1) is 0 Å². The van der Waals surface area contributed by atoms with Gasteiger partial charge >= 0.3 is 0 Å². The summed E-state index contributed by atoms with van der Waals surface area (Å²) in [6.07, 6.45) is 5.29. The number of aliphatic imine (C=N–C) groups is 1. The van der Waals surface area contributed by atoms with Crippen molar-refractivity contribution in [1.29, 1.82) is 0 Å². The van der Waals surface area contributed by atoms with Gasteiger partial charge in [0.05, 0.1) is 19.3 Å². The lowest BCUT2D eigenvalue weighted by Crippen LogP contribution is -2.38. The molecule has 31 heavy (non-hydrogen) atoms. The second kappa shape index (κ2) is 13.1. The van der Waals surface area contributed by atoms with E-state index in [1.165, 1.54) is 0 Å².